The summed E-state index contributed by atoms with van der Waals surface area (Å²) >= 11 is 3.36. The SMILES string of the molecule is COc1ccc2c(c1)[C@@H](NS(=O)(=O)c1cccc(Br)c1)[C@H](C)[C@H]2c1ccccc1. The minimum atomic E-state index is -3.69. The second-order valence-corrected chi connectivity index (χ2v) is 9.93. The summed E-state index contributed by atoms with van der Waals surface area (Å²) in [5.41, 5.74) is 3.27. The molecule has 0 spiro atoms. The number of sulfonamides is 1. The Morgan fingerprint density at radius 1 is 0.931 bits per heavy atom. The maximum absolute atomic E-state index is 13.1. The third-order valence-corrected chi connectivity index (χ3v) is 7.49. The van der Waals surface area contributed by atoms with Gasteiger partial charge < -0.3 is 4.74 Å². The molecule has 0 amide bonds. The standard InChI is InChI=1S/C23H22BrNO3S/c1-15-22(16-7-4-3-5-8-16)20-12-11-18(28-2)14-21(20)23(15)25-29(26,27)19-10-6-9-17(24)13-19/h3-15,22-23,25H,1-2H3/t15-,22+,23+/m1/s1. The lowest BCUT2D eigenvalue weighted by atomic mass is 9.86. The van der Waals surface area contributed by atoms with Crippen molar-refractivity contribution in [2.45, 2.75) is 23.8 Å². The van der Waals surface area contributed by atoms with E-state index >= 15 is 0 Å². The normalized spacial score (nSPS) is 21.0. The molecule has 4 rings (SSSR count). The summed E-state index contributed by atoms with van der Waals surface area (Å²) in [7, 11) is -2.07. The molecule has 6 heteroatoms. The molecular weight excluding hydrogens is 450 g/mol. The third-order valence-electron chi connectivity index (χ3n) is 5.56. The second-order valence-electron chi connectivity index (χ2n) is 7.30. The molecule has 29 heavy (non-hydrogen) atoms. The molecule has 150 valence electrons. The van der Waals surface area contributed by atoms with Gasteiger partial charge in [-0.3, -0.25) is 0 Å². The van der Waals surface area contributed by atoms with Crippen molar-refractivity contribution >= 4 is 26.0 Å². The average molecular weight is 472 g/mol. The third kappa shape index (κ3) is 3.84. The maximum Gasteiger partial charge on any atom is 0.241 e. The summed E-state index contributed by atoms with van der Waals surface area (Å²) in [4.78, 5) is 0.242. The number of nitrogens with one attached hydrogen (secondary N) is 1. The van der Waals surface area contributed by atoms with Gasteiger partial charge in [0.25, 0.3) is 0 Å². The molecule has 1 aliphatic carbocycles. The fourth-order valence-corrected chi connectivity index (χ4v) is 6.08. The Kier molecular flexibility index (Phi) is 5.51. The van der Waals surface area contributed by atoms with Crippen LogP contribution in [0.5, 0.6) is 5.75 Å². The van der Waals surface area contributed by atoms with E-state index in [1.807, 2.05) is 36.4 Å². The van der Waals surface area contributed by atoms with Crippen LogP contribution in [0.4, 0.5) is 0 Å². The fraction of sp³-hybridized carbons (Fsp3) is 0.217. The van der Waals surface area contributed by atoms with Crippen molar-refractivity contribution in [1.82, 2.24) is 4.72 Å². The van der Waals surface area contributed by atoms with Crippen LogP contribution in [0.1, 0.15) is 35.6 Å². The molecule has 0 heterocycles. The average Bonchev–Trinajstić information content (AvgIpc) is 2.99. The van der Waals surface area contributed by atoms with Crippen LogP contribution in [-0.2, 0) is 10.0 Å². The molecule has 0 aromatic heterocycles. The molecule has 1 aliphatic rings. The topological polar surface area (TPSA) is 55.4 Å². The monoisotopic (exact) mass is 471 g/mol. The number of benzene rings is 3. The van der Waals surface area contributed by atoms with Crippen molar-refractivity contribution < 1.29 is 13.2 Å². The van der Waals surface area contributed by atoms with Gasteiger partial charge in [0, 0.05) is 10.4 Å². The van der Waals surface area contributed by atoms with E-state index in [1.54, 1.807) is 25.3 Å². The van der Waals surface area contributed by atoms with Crippen LogP contribution in [0.25, 0.3) is 0 Å². The molecular formula is C23H22BrNO3S. The molecule has 0 fully saturated rings. The summed E-state index contributed by atoms with van der Waals surface area (Å²) in [5.74, 6) is 0.866. The molecule has 0 unspecified atom stereocenters. The Hall–Kier alpha value is -2.15. The fourth-order valence-electron chi connectivity index (χ4n) is 4.17. The zero-order chi connectivity index (χ0) is 20.6. The zero-order valence-electron chi connectivity index (χ0n) is 16.2. The number of halogens is 1. The molecule has 1 N–H and O–H groups in total. The molecule has 3 aromatic carbocycles. The first kappa shape index (κ1) is 20.1. The molecule has 0 aliphatic heterocycles. The first-order chi connectivity index (χ1) is 13.9. The summed E-state index contributed by atoms with van der Waals surface area (Å²) in [5, 5.41) is 0. The van der Waals surface area contributed by atoms with E-state index in [-0.39, 0.29) is 22.8 Å². The van der Waals surface area contributed by atoms with E-state index in [0.717, 1.165) is 21.3 Å². The van der Waals surface area contributed by atoms with Gasteiger partial charge >= 0.3 is 0 Å². The van der Waals surface area contributed by atoms with Gasteiger partial charge in [0.05, 0.1) is 18.0 Å². The van der Waals surface area contributed by atoms with Gasteiger partial charge in [-0.25, -0.2) is 13.1 Å². The lowest BCUT2D eigenvalue weighted by Gasteiger charge is -2.23. The highest BCUT2D eigenvalue weighted by molar-refractivity contribution is 9.10. The number of ether oxygens (including phenoxy) is 1. The van der Waals surface area contributed by atoms with Gasteiger partial charge in [0.1, 0.15) is 5.75 Å². The predicted molar refractivity (Wildman–Crippen MR) is 118 cm³/mol. The van der Waals surface area contributed by atoms with E-state index in [1.165, 1.54) is 5.56 Å². The van der Waals surface area contributed by atoms with Crippen LogP contribution in [0.2, 0.25) is 0 Å². The Labute approximate surface area is 180 Å². The molecule has 0 radical (unpaired) electrons. The van der Waals surface area contributed by atoms with E-state index < -0.39 is 10.0 Å². The summed E-state index contributed by atoms with van der Waals surface area (Å²) in [6.45, 7) is 2.10. The second kappa shape index (κ2) is 7.94. The molecule has 3 atom stereocenters. The van der Waals surface area contributed by atoms with Crippen molar-refractivity contribution in [1.29, 1.82) is 0 Å². The van der Waals surface area contributed by atoms with Crippen LogP contribution in [0.15, 0.2) is 82.2 Å². The Balaban J connectivity index is 1.78. The number of rotatable bonds is 5. The van der Waals surface area contributed by atoms with Crippen LogP contribution in [0.3, 0.4) is 0 Å². The molecule has 0 saturated heterocycles. The maximum atomic E-state index is 13.1. The minimum absolute atomic E-state index is 0.0430. The van der Waals surface area contributed by atoms with Crippen molar-refractivity contribution in [3.63, 3.8) is 0 Å². The zero-order valence-corrected chi connectivity index (χ0v) is 18.6. The van der Waals surface area contributed by atoms with Crippen LogP contribution in [-0.4, -0.2) is 15.5 Å². The van der Waals surface area contributed by atoms with Crippen LogP contribution >= 0.6 is 15.9 Å². The lowest BCUT2D eigenvalue weighted by Crippen LogP contribution is -2.31. The van der Waals surface area contributed by atoms with Crippen molar-refractivity contribution in [3.8, 4) is 5.75 Å². The van der Waals surface area contributed by atoms with Crippen LogP contribution in [0, 0.1) is 5.92 Å². The quantitative estimate of drug-likeness (QED) is 0.551. The van der Waals surface area contributed by atoms with E-state index in [2.05, 4.69) is 45.8 Å². The van der Waals surface area contributed by atoms with Crippen molar-refractivity contribution in [3.05, 3.63) is 94.0 Å². The highest BCUT2D eigenvalue weighted by Crippen LogP contribution is 2.49. The largest absolute Gasteiger partial charge is 0.497 e. The van der Waals surface area contributed by atoms with Crippen LogP contribution < -0.4 is 9.46 Å². The Morgan fingerprint density at radius 2 is 1.69 bits per heavy atom. The van der Waals surface area contributed by atoms with Gasteiger partial charge in [0.2, 0.25) is 10.0 Å². The first-order valence-electron chi connectivity index (χ1n) is 9.41. The van der Waals surface area contributed by atoms with Gasteiger partial charge in [0.15, 0.2) is 0 Å². The highest BCUT2D eigenvalue weighted by atomic mass is 79.9. The summed E-state index contributed by atoms with van der Waals surface area (Å²) in [6.07, 6.45) is 0. The summed E-state index contributed by atoms with van der Waals surface area (Å²) < 4.78 is 35.3. The van der Waals surface area contributed by atoms with E-state index in [0.29, 0.717) is 0 Å². The predicted octanol–water partition coefficient (Wildman–Crippen LogP) is 5.26. The Morgan fingerprint density at radius 3 is 2.38 bits per heavy atom. The van der Waals surface area contributed by atoms with Gasteiger partial charge in [-0.05, 0) is 52.9 Å². The molecule has 3 aromatic rings. The molecule has 0 saturated carbocycles. The Bertz CT molecular complexity index is 1130. The minimum Gasteiger partial charge on any atom is -0.497 e. The van der Waals surface area contributed by atoms with Gasteiger partial charge in [-0.1, -0.05) is 65.3 Å². The number of hydrogen-bond acceptors (Lipinski definition) is 3. The van der Waals surface area contributed by atoms with Gasteiger partial charge in [-0.15, -0.1) is 0 Å². The van der Waals surface area contributed by atoms with Gasteiger partial charge in [-0.2, -0.15) is 0 Å². The van der Waals surface area contributed by atoms with Crippen molar-refractivity contribution in [2.24, 2.45) is 5.92 Å². The van der Waals surface area contributed by atoms with Crippen molar-refractivity contribution in [2.75, 3.05) is 7.11 Å². The summed E-state index contributed by atoms with van der Waals surface area (Å²) in [6, 6.07) is 22.6. The number of fused-ring (bicyclic) bond motifs is 1. The highest BCUT2D eigenvalue weighted by Gasteiger charge is 2.41. The van der Waals surface area contributed by atoms with E-state index in [4.69, 9.17) is 4.74 Å². The molecule has 4 nitrogen and oxygen atoms in total. The van der Waals surface area contributed by atoms with E-state index in [9.17, 15) is 8.42 Å². The lowest BCUT2D eigenvalue weighted by molar-refractivity contribution is 0.411. The molecule has 0 bridgehead atoms. The number of methoxy groups -OCH3 is 1. The smallest absolute Gasteiger partial charge is 0.241 e. The first-order valence-corrected chi connectivity index (χ1v) is 11.7. The number of hydrogen-bond donors (Lipinski definition) is 1.